The number of carbonyl (C=O) groups is 4. The van der Waals surface area contributed by atoms with Crippen LogP contribution in [0, 0.1) is 17.8 Å². The molecular formula is C64H126ClN3O8S2. The fraction of sp³-hybridized carbons (Fsp3) is 0.938. The lowest BCUT2D eigenvalue weighted by molar-refractivity contribution is -0.151. The van der Waals surface area contributed by atoms with Gasteiger partial charge in [0.15, 0.2) is 0 Å². The molecule has 0 radical (unpaired) electrons. The summed E-state index contributed by atoms with van der Waals surface area (Å²) in [6.45, 7) is 15.7. The number of carboxylic acids is 1. The van der Waals surface area contributed by atoms with Crippen LogP contribution in [0.25, 0.3) is 0 Å². The van der Waals surface area contributed by atoms with Crippen LogP contribution >= 0.6 is 34.0 Å². The van der Waals surface area contributed by atoms with E-state index < -0.39 is 5.97 Å². The Morgan fingerprint density at radius 2 is 0.962 bits per heavy atom. The minimum atomic E-state index is -0.711. The molecule has 4 unspecified atom stereocenters. The highest BCUT2D eigenvalue weighted by Gasteiger charge is 2.26. The van der Waals surface area contributed by atoms with Gasteiger partial charge in [-0.25, -0.2) is 0 Å². The number of halogens is 1. The normalized spacial score (nSPS) is 12.9. The van der Waals surface area contributed by atoms with Crippen molar-refractivity contribution >= 4 is 57.7 Å². The third-order valence-electron chi connectivity index (χ3n) is 15.4. The standard InChI is InChI=1S/C64H125N3O8S2.ClH/c1-6-11-16-19-22-28-35-48-67(62(69)45-53-76-77-54-47-66-61(68)44-49-73-51-52-74-50-46-65)60(41-32-25-20-21-27-34-43-63(70)71)42-33-26-23-24-31-40-59(55-57(36-14-9-4)38-29-17-12-7-2)64(72)75-56-58(37-15-10-5)39-30-18-13-8-3;/h57-60H,6-56,65H2,1-5H3,(H,66,68)(H,70,71);1H. The Hall–Kier alpha value is -1.25. The molecule has 0 aromatic carbocycles. The molecule has 0 spiro atoms. The van der Waals surface area contributed by atoms with Gasteiger partial charge in [0.25, 0.3) is 0 Å². The van der Waals surface area contributed by atoms with E-state index in [-0.39, 0.29) is 48.6 Å². The van der Waals surface area contributed by atoms with Crippen LogP contribution in [0.4, 0.5) is 0 Å². The Morgan fingerprint density at radius 1 is 0.500 bits per heavy atom. The van der Waals surface area contributed by atoms with E-state index in [1.807, 2.05) is 0 Å². The second-order valence-electron chi connectivity index (χ2n) is 22.5. The number of unbranched alkanes of at least 4 members (excludes halogenated alkanes) is 23. The SMILES string of the molecule is CCCCCCCCCN(C(=O)CCSSCCNC(=O)CCOCCOCCN)C(CCCCCCCCC(=O)O)CCCCCCCC(CC(CCCC)CCCCCC)C(=O)OCC(CCCC)CCCCCC.Cl. The molecular weight excluding hydrogens is 1040 g/mol. The predicted octanol–water partition coefficient (Wildman–Crippen LogP) is 17.7. The highest BCUT2D eigenvalue weighted by Crippen LogP contribution is 2.30. The molecule has 0 aromatic heterocycles. The molecule has 4 atom stereocenters. The van der Waals surface area contributed by atoms with Gasteiger partial charge in [0.05, 0.1) is 39.0 Å². The topological polar surface area (TPSA) is 157 Å². The van der Waals surface area contributed by atoms with Crippen molar-refractivity contribution in [2.45, 2.75) is 304 Å². The van der Waals surface area contributed by atoms with Crippen molar-refractivity contribution in [2.75, 3.05) is 64.2 Å². The van der Waals surface area contributed by atoms with Crippen LogP contribution in [0.15, 0.2) is 0 Å². The zero-order valence-electron chi connectivity index (χ0n) is 51.4. The zero-order valence-corrected chi connectivity index (χ0v) is 53.9. The first-order valence-electron chi connectivity index (χ1n) is 32.7. The van der Waals surface area contributed by atoms with Gasteiger partial charge >= 0.3 is 11.9 Å². The molecule has 464 valence electrons. The van der Waals surface area contributed by atoms with Crippen LogP contribution in [-0.2, 0) is 33.4 Å². The summed E-state index contributed by atoms with van der Waals surface area (Å²) in [6.07, 6.45) is 45.0. The van der Waals surface area contributed by atoms with Gasteiger partial charge in [0, 0.05) is 56.4 Å². The molecule has 14 heteroatoms. The summed E-state index contributed by atoms with van der Waals surface area (Å²) in [7, 11) is 3.44. The van der Waals surface area contributed by atoms with E-state index in [2.05, 4.69) is 44.8 Å². The molecule has 0 saturated carbocycles. The third kappa shape index (κ3) is 51.6. The number of rotatable bonds is 62. The molecule has 4 N–H and O–H groups in total. The number of nitrogens with zero attached hydrogens (tertiary/aromatic N) is 1. The lowest BCUT2D eigenvalue weighted by Crippen LogP contribution is -2.41. The Balaban J connectivity index is 0. The average Bonchev–Trinajstić information content (AvgIpc) is 3.42. The number of nitrogens with one attached hydrogen (secondary N) is 1. The average molecular weight is 1170 g/mol. The highest BCUT2D eigenvalue weighted by atomic mass is 35.5. The molecule has 0 heterocycles. The summed E-state index contributed by atoms with van der Waals surface area (Å²) < 4.78 is 17.1. The smallest absolute Gasteiger partial charge is 0.308 e. The summed E-state index contributed by atoms with van der Waals surface area (Å²) in [5.41, 5.74) is 5.44. The van der Waals surface area contributed by atoms with Gasteiger partial charge < -0.3 is 35.3 Å². The third-order valence-corrected chi connectivity index (χ3v) is 17.8. The maximum Gasteiger partial charge on any atom is 0.308 e. The number of carboxylic acid groups (broad SMARTS) is 1. The van der Waals surface area contributed by atoms with Crippen molar-refractivity contribution in [2.24, 2.45) is 23.5 Å². The molecule has 0 aliphatic rings. The number of esters is 1. The second-order valence-corrected chi connectivity index (χ2v) is 25.2. The lowest BCUT2D eigenvalue weighted by Gasteiger charge is -2.33. The largest absolute Gasteiger partial charge is 0.481 e. The molecule has 11 nitrogen and oxygen atoms in total. The van der Waals surface area contributed by atoms with Crippen LogP contribution < -0.4 is 11.1 Å². The maximum absolute atomic E-state index is 14.3. The molecule has 0 fully saturated rings. The summed E-state index contributed by atoms with van der Waals surface area (Å²) in [6, 6.07) is 0.231. The first-order valence-corrected chi connectivity index (χ1v) is 35.2. The van der Waals surface area contributed by atoms with Gasteiger partial charge in [-0.2, -0.15) is 0 Å². The van der Waals surface area contributed by atoms with Crippen molar-refractivity contribution in [1.29, 1.82) is 0 Å². The molecule has 0 aromatic rings. The Labute approximate surface area is 495 Å². The Bertz CT molecular complexity index is 1320. The summed E-state index contributed by atoms with van der Waals surface area (Å²) in [4.78, 5) is 54.0. The van der Waals surface area contributed by atoms with Crippen LogP contribution in [0.5, 0.6) is 0 Å². The fourth-order valence-electron chi connectivity index (χ4n) is 10.6. The summed E-state index contributed by atoms with van der Waals surface area (Å²) in [5, 5.41) is 12.1. The van der Waals surface area contributed by atoms with Crippen LogP contribution in [-0.4, -0.2) is 104 Å². The van der Waals surface area contributed by atoms with Gasteiger partial charge in [0.2, 0.25) is 11.8 Å². The van der Waals surface area contributed by atoms with Crippen molar-refractivity contribution in [3.63, 3.8) is 0 Å². The van der Waals surface area contributed by atoms with Crippen LogP contribution in [0.1, 0.15) is 298 Å². The van der Waals surface area contributed by atoms with E-state index >= 15 is 0 Å². The number of hydrogen-bond acceptors (Lipinski definition) is 10. The van der Waals surface area contributed by atoms with Crippen molar-refractivity contribution < 1.29 is 38.5 Å². The number of aliphatic carboxylic acids is 1. The molecule has 0 aliphatic carbocycles. The van der Waals surface area contributed by atoms with Crippen molar-refractivity contribution in [3.05, 3.63) is 0 Å². The zero-order chi connectivity index (χ0) is 56.5. The Kier molecular flexibility index (Phi) is 62.5. The minimum Gasteiger partial charge on any atom is -0.481 e. The Morgan fingerprint density at radius 3 is 1.54 bits per heavy atom. The first-order chi connectivity index (χ1) is 37.7. The summed E-state index contributed by atoms with van der Waals surface area (Å²) >= 11 is 0. The number of ether oxygens (including phenoxy) is 3. The number of carbonyl (C=O) groups excluding carboxylic acids is 3. The lowest BCUT2D eigenvalue weighted by atomic mass is 9.84. The van der Waals surface area contributed by atoms with Crippen LogP contribution in [0.3, 0.4) is 0 Å². The van der Waals surface area contributed by atoms with Gasteiger partial charge in [-0.1, -0.05) is 249 Å². The van der Waals surface area contributed by atoms with E-state index in [9.17, 15) is 19.2 Å². The molecule has 0 saturated heterocycles. The molecule has 0 bridgehead atoms. The van der Waals surface area contributed by atoms with Gasteiger partial charge in [-0.3, -0.25) is 19.2 Å². The highest BCUT2D eigenvalue weighted by molar-refractivity contribution is 8.76. The van der Waals surface area contributed by atoms with E-state index in [1.54, 1.807) is 21.6 Å². The van der Waals surface area contributed by atoms with E-state index in [1.165, 1.54) is 128 Å². The molecule has 78 heavy (non-hydrogen) atoms. The maximum atomic E-state index is 14.3. The predicted molar refractivity (Wildman–Crippen MR) is 338 cm³/mol. The molecule has 0 rings (SSSR count). The van der Waals surface area contributed by atoms with E-state index in [4.69, 9.17) is 25.1 Å². The quantitative estimate of drug-likeness (QED) is 0.0302. The monoisotopic (exact) mass is 1160 g/mol. The minimum absolute atomic E-state index is 0. The van der Waals surface area contributed by atoms with Crippen molar-refractivity contribution in [3.8, 4) is 0 Å². The number of amides is 2. The summed E-state index contributed by atoms with van der Waals surface area (Å²) in [5.74, 6) is 2.22. The fourth-order valence-corrected chi connectivity index (χ4v) is 12.5. The molecule has 2 amide bonds. The van der Waals surface area contributed by atoms with Gasteiger partial charge in [-0.15, -0.1) is 12.4 Å². The second kappa shape index (κ2) is 61.8. The van der Waals surface area contributed by atoms with E-state index in [0.29, 0.717) is 70.8 Å². The van der Waals surface area contributed by atoms with Crippen molar-refractivity contribution in [1.82, 2.24) is 10.2 Å². The van der Waals surface area contributed by atoms with Gasteiger partial charge in [0.1, 0.15) is 0 Å². The van der Waals surface area contributed by atoms with E-state index in [0.717, 1.165) is 134 Å². The van der Waals surface area contributed by atoms with Gasteiger partial charge in [-0.05, 0) is 63.2 Å². The number of nitrogens with two attached hydrogens (primary N) is 1. The molecule has 0 aliphatic heterocycles. The van der Waals surface area contributed by atoms with Crippen LogP contribution in [0.2, 0.25) is 0 Å². The number of hydrogen-bond donors (Lipinski definition) is 3. The first kappa shape index (κ1) is 78.8.